The Morgan fingerprint density at radius 3 is 2.23 bits per heavy atom. The Kier molecular flexibility index (Phi) is 5.74. The summed E-state index contributed by atoms with van der Waals surface area (Å²) in [6.07, 6.45) is 0.426. The van der Waals surface area contributed by atoms with Gasteiger partial charge in [0.1, 0.15) is 5.82 Å². The predicted molar refractivity (Wildman–Crippen MR) is 116 cm³/mol. The fraction of sp³-hybridized carbons (Fsp3) is 0.208. The molecule has 0 aliphatic carbocycles. The van der Waals surface area contributed by atoms with Crippen LogP contribution >= 0.6 is 11.6 Å². The van der Waals surface area contributed by atoms with E-state index < -0.39 is 5.82 Å². The van der Waals surface area contributed by atoms with Crippen LogP contribution in [0.2, 0.25) is 5.02 Å². The van der Waals surface area contributed by atoms with Gasteiger partial charge in [-0.25, -0.2) is 4.39 Å². The van der Waals surface area contributed by atoms with Crippen molar-refractivity contribution in [3.05, 3.63) is 82.1 Å². The van der Waals surface area contributed by atoms with Gasteiger partial charge in [0.2, 0.25) is 5.91 Å². The minimum Gasteiger partial charge on any atom is -0.341 e. The van der Waals surface area contributed by atoms with E-state index in [0.29, 0.717) is 22.9 Å². The molecule has 0 saturated heterocycles. The third-order valence-corrected chi connectivity index (χ3v) is 5.87. The van der Waals surface area contributed by atoms with E-state index in [2.05, 4.69) is 0 Å². The smallest absolute Gasteiger partial charge is 0.261 e. The molecule has 3 aromatic carbocycles. The molecule has 158 valence electrons. The standard InChI is InChI=1S/C24H20ClFN2O3/c1-27(14-18-19(25)10-4-11-20(18)26)21(29)12-5-13-28-23(30)16-8-2-6-15-7-3-9-17(22(15)16)24(28)31/h2-4,6-11H,5,12-14H2,1H3. The van der Waals surface area contributed by atoms with E-state index in [-0.39, 0.29) is 47.8 Å². The third kappa shape index (κ3) is 3.91. The Balaban J connectivity index is 1.41. The summed E-state index contributed by atoms with van der Waals surface area (Å²) >= 11 is 6.03. The van der Waals surface area contributed by atoms with E-state index in [1.165, 1.54) is 21.9 Å². The maximum Gasteiger partial charge on any atom is 0.261 e. The van der Waals surface area contributed by atoms with E-state index in [9.17, 15) is 18.8 Å². The van der Waals surface area contributed by atoms with Gasteiger partial charge in [-0.15, -0.1) is 0 Å². The van der Waals surface area contributed by atoms with Crippen LogP contribution in [-0.4, -0.2) is 41.1 Å². The maximum absolute atomic E-state index is 14.0. The van der Waals surface area contributed by atoms with Gasteiger partial charge in [0.05, 0.1) is 0 Å². The molecule has 0 spiro atoms. The molecular weight excluding hydrogens is 419 g/mol. The molecule has 0 N–H and O–H groups in total. The van der Waals surface area contributed by atoms with Gasteiger partial charge < -0.3 is 4.90 Å². The van der Waals surface area contributed by atoms with Crippen LogP contribution in [0, 0.1) is 5.82 Å². The van der Waals surface area contributed by atoms with Crippen molar-refractivity contribution in [1.82, 2.24) is 9.80 Å². The second kappa shape index (κ2) is 8.47. The van der Waals surface area contributed by atoms with Gasteiger partial charge in [-0.2, -0.15) is 0 Å². The molecule has 0 fully saturated rings. The van der Waals surface area contributed by atoms with Gasteiger partial charge in [0, 0.05) is 53.7 Å². The molecule has 0 unspecified atom stereocenters. The average molecular weight is 439 g/mol. The molecule has 0 atom stereocenters. The van der Waals surface area contributed by atoms with Crippen LogP contribution < -0.4 is 0 Å². The van der Waals surface area contributed by atoms with Crippen LogP contribution in [0.25, 0.3) is 10.8 Å². The lowest BCUT2D eigenvalue weighted by molar-refractivity contribution is -0.130. The van der Waals surface area contributed by atoms with Gasteiger partial charge in [-0.05, 0) is 36.1 Å². The Bertz CT molecular complexity index is 1140. The van der Waals surface area contributed by atoms with Crippen molar-refractivity contribution >= 4 is 40.1 Å². The Labute approximate surface area is 184 Å². The zero-order chi connectivity index (χ0) is 22.1. The van der Waals surface area contributed by atoms with Gasteiger partial charge in [-0.3, -0.25) is 19.3 Å². The fourth-order valence-corrected chi connectivity index (χ4v) is 4.09. The zero-order valence-electron chi connectivity index (χ0n) is 16.9. The number of hydrogen-bond donors (Lipinski definition) is 0. The summed E-state index contributed by atoms with van der Waals surface area (Å²) in [4.78, 5) is 40.9. The number of imide groups is 1. The molecule has 31 heavy (non-hydrogen) atoms. The lowest BCUT2D eigenvalue weighted by Crippen LogP contribution is -2.41. The fourth-order valence-electron chi connectivity index (χ4n) is 3.87. The number of benzene rings is 3. The largest absolute Gasteiger partial charge is 0.341 e. The van der Waals surface area contributed by atoms with Crippen molar-refractivity contribution in [2.45, 2.75) is 19.4 Å². The molecule has 0 radical (unpaired) electrons. The number of carbonyl (C=O) groups excluding carboxylic acids is 3. The molecule has 1 heterocycles. The predicted octanol–water partition coefficient (Wildman–Crippen LogP) is 4.67. The molecule has 4 rings (SSSR count). The number of hydrogen-bond acceptors (Lipinski definition) is 3. The van der Waals surface area contributed by atoms with E-state index in [1.54, 1.807) is 37.4 Å². The SMILES string of the molecule is CN(Cc1c(F)cccc1Cl)C(=O)CCCN1C(=O)c2cccc3cccc(c23)C1=O. The molecular formula is C24H20ClFN2O3. The quantitative estimate of drug-likeness (QED) is 0.525. The molecule has 3 amide bonds. The molecule has 7 heteroatoms. The third-order valence-electron chi connectivity index (χ3n) is 5.51. The highest BCUT2D eigenvalue weighted by molar-refractivity contribution is 6.31. The molecule has 0 saturated carbocycles. The number of nitrogens with zero attached hydrogens (tertiary/aromatic N) is 2. The minimum absolute atomic E-state index is 0.0429. The maximum atomic E-state index is 14.0. The van der Waals surface area contributed by atoms with E-state index >= 15 is 0 Å². The number of rotatable bonds is 6. The summed E-state index contributed by atoms with van der Waals surface area (Å²) in [5.41, 5.74) is 1.24. The van der Waals surface area contributed by atoms with Crippen molar-refractivity contribution in [2.75, 3.05) is 13.6 Å². The van der Waals surface area contributed by atoms with Gasteiger partial charge in [0.25, 0.3) is 11.8 Å². The summed E-state index contributed by atoms with van der Waals surface area (Å²) in [5, 5.41) is 1.78. The first-order valence-corrected chi connectivity index (χ1v) is 10.3. The van der Waals surface area contributed by atoms with Gasteiger partial charge >= 0.3 is 0 Å². The first-order chi connectivity index (χ1) is 14.9. The van der Waals surface area contributed by atoms with Crippen molar-refractivity contribution in [3.63, 3.8) is 0 Å². The average Bonchev–Trinajstić information content (AvgIpc) is 2.76. The molecule has 3 aromatic rings. The molecule has 1 aliphatic rings. The van der Waals surface area contributed by atoms with E-state index in [1.807, 2.05) is 12.1 Å². The normalized spacial score (nSPS) is 13.1. The Hall–Kier alpha value is -3.25. The van der Waals surface area contributed by atoms with Crippen molar-refractivity contribution < 1.29 is 18.8 Å². The van der Waals surface area contributed by atoms with Gasteiger partial charge in [0.15, 0.2) is 0 Å². The second-order valence-corrected chi connectivity index (χ2v) is 7.93. The summed E-state index contributed by atoms with van der Waals surface area (Å²) in [6, 6.07) is 15.1. The topological polar surface area (TPSA) is 57.7 Å². The summed E-state index contributed by atoms with van der Waals surface area (Å²) in [5.74, 6) is -1.40. The van der Waals surface area contributed by atoms with Crippen LogP contribution in [0.1, 0.15) is 39.1 Å². The lowest BCUT2D eigenvalue weighted by Gasteiger charge is -2.27. The van der Waals surface area contributed by atoms with Crippen LogP contribution in [0.15, 0.2) is 54.6 Å². The monoisotopic (exact) mass is 438 g/mol. The Morgan fingerprint density at radius 2 is 1.61 bits per heavy atom. The Morgan fingerprint density at radius 1 is 1.00 bits per heavy atom. The van der Waals surface area contributed by atoms with Crippen molar-refractivity contribution in [1.29, 1.82) is 0 Å². The number of amides is 3. The second-order valence-electron chi connectivity index (χ2n) is 7.52. The van der Waals surface area contributed by atoms with Gasteiger partial charge in [-0.1, -0.05) is 41.9 Å². The van der Waals surface area contributed by atoms with Crippen LogP contribution in [-0.2, 0) is 11.3 Å². The van der Waals surface area contributed by atoms with E-state index in [4.69, 9.17) is 11.6 Å². The summed E-state index contributed by atoms with van der Waals surface area (Å²) in [7, 11) is 1.57. The minimum atomic E-state index is -0.468. The molecule has 5 nitrogen and oxygen atoms in total. The molecule has 1 aliphatic heterocycles. The van der Waals surface area contributed by atoms with Crippen LogP contribution in [0.3, 0.4) is 0 Å². The molecule has 0 bridgehead atoms. The first-order valence-electron chi connectivity index (χ1n) is 9.93. The van der Waals surface area contributed by atoms with Crippen molar-refractivity contribution in [3.8, 4) is 0 Å². The first kappa shape index (κ1) is 21.0. The van der Waals surface area contributed by atoms with E-state index in [0.717, 1.165) is 5.39 Å². The van der Waals surface area contributed by atoms with Crippen LogP contribution in [0.4, 0.5) is 4.39 Å². The number of halogens is 2. The highest BCUT2D eigenvalue weighted by atomic mass is 35.5. The number of carbonyl (C=O) groups is 3. The van der Waals surface area contributed by atoms with Crippen LogP contribution in [0.5, 0.6) is 0 Å². The molecule has 0 aromatic heterocycles. The lowest BCUT2D eigenvalue weighted by atomic mass is 9.94. The highest BCUT2D eigenvalue weighted by Gasteiger charge is 2.32. The van der Waals surface area contributed by atoms with Crippen molar-refractivity contribution in [2.24, 2.45) is 0 Å². The summed E-state index contributed by atoms with van der Waals surface area (Å²) in [6.45, 7) is 0.170. The zero-order valence-corrected chi connectivity index (χ0v) is 17.7. The highest BCUT2D eigenvalue weighted by Crippen LogP contribution is 2.30. The summed E-state index contributed by atoms with van der Waals surface area (Å²) < 4.78 is 14.0.